The molecule has 5 nitrogen and oxygen atoms in total. The Kier molecular flexibility index (Phi) is 5.84. The van der Waals surface area contributed by atoms with E-state index in [1.165, 1.54) is 0 Å². The molecule has 0 aromatic heterocycles. The predicted octanol–water partition coefficient (Wildman–Crippen LogP) is 3.93. The molecule has 1 aliphatic heterocycles. The lowest BCUT2D eigenvalue weighted by Crippen LogP contribution is -2.37. The van der Waals surface area contributed by atoms with Gasteiger partial charge in [0.2, 0.25) is 0 Å². The second-order valence-electron chi connectivity index (χ2n) is 8.23. The zero-order valence-corrected chi connectivity index (χ0v) is 16.6. The van der Waals surface area contributed by atoms with Crippen LogP contribution in [0.4, 0.5) is 0 Å². The molecule has 1 heterocycles. The largest absolute Gasteiger partial charge is 0.481 e. The van der Waals surface area contributed by atoms with Gasteiger partial charge in [0, 0.05) is 0 Å². The van der Waals surface area contributed by atoms with E-state index in [1.807, 2.05) is 48.5 Å². The summed E-state index contributed by atoms with van der Waals surface area (Å²) in [4.78, 5) is 24.3. The molecule has 2 aromatic carbocycles. The standard InChI is InChI=1S/C23H27NO4/c1-23(2,3)17-10-8-16(9-11-17)19(14-20(25)26)24-22(27)21-18-7-5-4-6-15(18)12-13-28-21/h4-11,19,21H,12-14H2,1-3H3,(H,24,27)(H,25,26). The molecular formula is C23H27NO4. The molecule has 0 saturated heterocycles. The van der Waals surface area contributed by atoms with Crippen LogP contribution in [0.1, 0.15) is 61.6 Å². The molecule has 1 amide bonds. The first-order chi connectivity index (χ1) is 13.3. The maximum Gasteiger partial charge on any atom is 0.305 e. The van der Waals surface area contributed by atoms with Gasteiger partial charge in [-0.1, -0.05) is 69.3 Å². The third-order valence-electron chi connectivity index (χ3n) is 5.11. The highest BCUT2D eigenvalue weighted by Crippen LogP contribution is 2.29. The Morgan fingerprint density at radius 1 is 1.14 bits per heavy atom. The van der Waals surface area contributed by atoms with Crippen molar-refractivity contribution < 1.29 is 19.4 Å². The van der Waals surface area contributed by atoms with Crippen LogP contribution < -0.4 is 5.32 Å². The summed E-state index contributed by atoms with van der Waals surface area (Å²) >= 11 is 0. The summed E-state index contributed by atoms with van der Waals surface area (Å²) in [6.07, 6.45) is -0.128. The number of benzene rings is 2. The van der Waals surface area contributed by atoms with E-state index in [1.54, 1.807) is 0 Å². The molecule has 0 spiro atoms. The summed E-state index contributed by atoms with van der Waals surface area (Å²) in [5.74, 6) is -1.27. The minimum atomic E-state index is -0.963. The van der Waals surface area contributed by atoms with Crippen molar-refractivity contribution in [2.24, 2.45) is 0 Å². The van der Waals surface area contributed by atoms with Crippen LogP contribution in [-0.4, -0.2) is 23.6 Å². The van der Waals surface area contributed by atoms with E-state index in [0.29, 0.717) is 6.61 Å². The van der Waals surface area contributed by atoms with Crippen LogP contribution in [-0.2, 0) is 26.2 Å². The van der Waals surface area contributed by atoms with Gasteiger partial charge >= 0.3 is 5.97 Å². The van der Waals surface area contributed by atoms with Crippen molar-refractivity contribution in [1.82, 2.24) is 5.32 Å². The number of fused-ring (bicyclic) bond motifs is 1. The van der Waals surface area contributed by atoms with Crippen LogP contribution >= 0.6 is 0 Å². The normalized spacial score (nSPS) is 17.5. The van der Waals surface area contributed by atoms with E-state index >= 15 is 0 Å². The molecule has 2 unspecified atom stereocenters. The van der Waals surface area contributed by atoms with E-state index in [9.17, 15) is 14.7 Å². The van der Waals surface area contributed by atoms with Gasteiger partial charge in [0.25, 0.3) is 5.91 Å². The molecule has 28 heavy (non-hydrogen) atoms. The topological polar surface area (TPSA) is 75.6 Å². The zero-order valence-electron chi connectivity index (χ0n) is 16.6. The minimum Gasteiger partial charge on any atom is -0.481 e. The number of hydrogen-bond acceptors (Lipinski definition) is 3. The molecule has 2 N–H and O–H groups in total. The molecule has 5 heteroatoms. The van der Waals surface area contributed by atoms with Crippen molar-refractivity contribution >= 4 is 11.9 Å². The van der Waals surface area contributed by atoms with Crippen LogP contribution in [0.3, 0.4) is 0 Å². The zero-order chi connectivity index (χ0) is 20.3. The SMILES string of the molecule is CC(C)(C)c1ccc(C(CC(=O)O)NC(=O)C2OCCc3ccccc32)cc1. The van der Waals surface area contributed by atoms with Crippen LogP contribution in [0.5, 0.6) is 0 Å². The van der Waals surface area contributed by atoms with Gasteiger partial charge in [0.15, 0.2) is 6.10 Å². The summed E-state index contributed by atoms with van der Waals surface area (Å²) in [6.45, 7) is 6.84. The third kappa shape index (κ3) is 4.60. The molecule has 0 saturated carbocycles. The highest BCUT2D eigenvalue weighted by atomic mass is 16.5. The number of carbonyl (C=O) groups excluding carboxylic acids is 1. The predicted molar refractivity (Wildman–Crippen MR) is 107 cm³/mol. The lowest BCUT2D eigenvalue weighted by molar-refractivity contribution is -0.139. The van der Waals surface area contributed by atoms with Crippen molar-refractivity contribution in [3.05, 3.63) is 70.8 Å². The van der Waals surface area contributed by atoms with Gasteiger partial charge in [-0.2, -0.15) is 0 Å². The van der Waals surface area contributed by atoms with Gasteiger partial charge < -0.3 is 15.2 Å². The Morgan fingerprint density at radius 2 is 1.82 bits per heavy atom. The number of carbonyl (C=O) groups is 2. The van der Waals surface area contributed by atoms with Gasteiger partial charge in [-0.05, 0) is 34.1 Å². The minimum absolute atomic E-state index is 0.00369. The van der Waals surface area contributed by atoms with Crippen LogP contribution in [0.2, 0.25) is 0 Å². The molecule has 0 aliphatic carbocycles. The van der Waals surface area contributed by atoms with E-state index in [2.05, 4.69) is 26.1 Å². The average molecular weight is 381 g/mol. The highest BCUT2D eigenvalue weighted by molar-refractivity contribution is 5.84. The Labute approximate surface area is 165 Å². The van der Waals surface area contributed by atoms with E-state index in [4.69, 9.17) is 4.74 Å². The third-order valence-corrected chi connectivity index (χ3v) is 5.11. The molecule has 0 bridgehead atoms. The van der Waals surface area contributed by atoms with Crippen molar-refractivity contribution in [3.63, 3.8) is 0 Å². The smallest absolute Gasteiger partial charge is 0.305 e. The monoisotopic (exact) mass is 381 g/mol. The number of rotatable bonds is 5. The van der Waals surface area contributed by atoms with Gasteiger partial charge in [0.05, 0.1) is 19.1 Å². The maximum absolute atomic E-state index is 12.9. The fourth-order valence-electron chi connectivity index (χ4n) is 3.50. The first-order valence-electron chi connectivity index (χ1n) is 9.58. The van der Waals surface area contributed by atoms with Gasteiger partial charge in [0.1, 0.15) is 0 Å². The van der Waals surface area contributed by atoms with Crippen LogP contribution in [0.15, 0.2) is 48.5 Å². The Balaban J connectivity index is 1.82. The summed E-state index contributed by atoms with van der Waals surface area (Å²) in [5.41, 5.74) is 3.87. The second-order valence-corrected chi connectivity index (χ2v) is 8.23. The molecule has 2 aromatic rings. The number of carboxylic acids is 1. The number of hydrogen-bond donors (Lipinski definition) is 2. The lowest BCUT2D eigenvalue weighted by atomic mass is 9.86. The Hall–Kier alpha value is -2.66. The number of amides is 1. The molecular weight excluding hydrogens is 354 g/mol. The van der Waals surface area contributed by atoms with E-state index in [0.717, 1.165) is 28.7 Å². The molecule has 3 rings (SSSR count). The number of aliphatic carboxylic acids is 1. The molecule has 2 atom stereocenters. The van der Waals surface area contributed by atoms with Crippen molar-refractivity contribution in [1.29, 1.82) is 0 Å². The van der Waals surface area contributed by atoms with Crippen molar-refractivity contribution in [2.45, 2.75) is 51.2 Å². The highest BCUT2D eigenvalue weighted by Gasteiger charge is 2.29. The van der Waals surface area contributed by atoms with Crippen molar-refractivity contribution in [3.8, 4) is 0 Å². The molecule has 148 valence electrons. The number of nitrogens with one attached hydrogen (secondary N) is 1. The summed E-state index contributed by atoms with van der Waals surface area (Å²) in [6, 6.07) is 14.9. The maximum atomic E-state index is 12.9. The Bertz CT molecular complexity index is 852. The fourth-order valence-corrected chi connectivity index (χ4v) is 3.50. The van der Waals surface area contributed by atoms with Crippen LogP contribution in [0.25, 0.3) is 0 Å². The van der Waals surface area contributed by atoms with Crippen molar-refractivity contribution in [2.75, 3.05) is 6.61 Å². The van der Waals surface area contributed by atoms with Gasteiger partial charge in [-0.3, -0.25) is 9.59 Å². The fraction of sp³-hybridized carbons (Fsp3) is 0.391. The first kappa shape index (κ1) is 20.1. The van der Waals surface area contributed by atoms with Gasteiger partial charge in [-0.15, -0.1) is 0 Å². The molecule has 0 radical (unpaired) electrons. The quantitative estimate of drug-likeness (QED) is 0.823. The van der Waals surface area contributed by atoms with E-state index < -0.39 is 18.1 Å². The lowest BCUT2D eigenvalue weighted by Gasteiger charge is -2.27. The first-order valence-corrected chi connectivity index (χ1v) is 9.58. The average Bonchev–Trinajstić information content (AvgIpc) is 2.66. The summed E-state index contributed by atoms with van der Waals surface area (Å²) in [7, 11) is 0. The second kappa shape index (κ2) is 8.15. The van der Waals surface area contributed by atoms with Crippen LogP contribution in [0, 0.1) is 0 Å². The number of ether oxygens (including phenoxy) is 1. The van der Waals surface area contributed by atoms with Gasteiger partial charge in [-0.25, -0.2) is 0 Å². The summed E-state index contributed by atoms with van der Waals surface area (Å²) < 4.78 is 5.71. The summed E-state index contributed by atoms with van der Waals surface area (Å²) in [5, 5.41) is 12.2. The molecule has 1 aliphatic rings. The Morgan fingerprint density at radius 3 is 2.46 bits per heavy atom. The molecule has 0 fully saturated rings. The number of carboxylic acid groups (broad SMARTS) is 1. The van der Waals surface area contributed by atoms with E-state index in [-0.39, 0.29) is 17.7 Å².